The molecule has 0 fully saturated rings. The summed E-state index contributed by atoms with van der Waals surface area (Å²) < 4.78 is 80.6. The van der Waals surface area contributed by atoms with Crippen LogP contribution in [0.25, 0.3) is 0 Å². The van der Waals surface area contributed by atoms with E-state index < -0.39 is 35.1 Å². The quantitative estimate of drug-likeness (QED) is 0.126. The lowest BCUT2D eigenvalue weighted by atomic mass is 10.1. The van der Waals surface area contributed by atoms with E-state index in [9.17, 15) is 31.1 Å². The van der Waals surface area contributed by atoms with Gasteiger partial charge in [0.2, 0.25) is 0 Å². The van der Waals surface area contributed by atoms with Crippen LogP contribution in [0.4, 0.5) is 32.0 Å². The van der Waals surface area contributed by atoms with Crippen LogP contribution in [0.15, 0.2) is 90.6 Å². The van der Waals surface area contributed by atoms with Crippen molar-refractivity contribution in [3.05, 3.63) is 119 Å². The molecule has 0 atom stereocenters. The van der Waals surface area contributed by atoms with Crippen molar-refractivity contribution in [2.45, 2.75) is 36.2 Å². The van der Waals surface area contributed by atoms with Crippen molar-refractivity contribution in [3.63, 3.8) is 0 Å². The highest BCUT2D eigenvalue weighted by molar-refractivity contribution is 7.98. The van der Waals surface area contributed by atoms with Crippen molar-refractivity contribution in [1.82, 2.24) is 14.8 Å². The molecule has 1 N–H and O–H groups in total. The second-order valence-electron chi connectivity index (χ2n) is 8.69. The summed E-state index contributed by atoms with van der Waals surface area (Å²) in [5.74, 6) is 0.414. The molecule has 0 unspecified atom stereocenters. The van der Waals surface area contributed by atoms with Crippen molar-refractivity contribution < 1.29 is 31.1 Å². The average molecular weight is 577 g/mol. The van der Waals surface area contributed by atoms with Crippen LogP contribution in [0.5, 0.6) is 0 Å². The second-order valence-corrected chi connectivity index (χ2v) is 9.64. The number of carbonyl (C=O) groups excluding carboxylic acids is 1. The first-order valence-corrected chi connectivity index (χ1v) is 12.8. The van der Waals surface area contributed by atoms with Gasteiger partial charge in [0.15, 0.2) is 5.16 Å². The molecule has 1 aromatic heterocycles. The lowest BCUT2D eigenvalue weighted by molar-refractivity contribution is -0.143. The molecule has 0 saturated carbocycles. The Bertz CT molecular complexity index is 1450. The number of amides is 1. The van der Waals surface area contributed by atoms with Gasteiger partial charge in [0.25, 0.3) is 5.91 Å². The van der Waals surface area contributed by atoms with Gasteiger partial charge in [-0.2, -0.15) is 26.3 Å². The summed E-state index contributed by atoms with van der Waals surface area (Å²) in [6.45, 7) is 4.31. The van der Waals surface area contributed by atoms with Gasteiger partial charge < -0.3 is 9.88 Å². The topological polar surface area (TPSA) is 59.8 Å². The summed E-state index contributed by atoms with van der Waals surface area (Å²) in [5, 5.41) is 11.4. The number of nitrogens with zero attached hydrogens (tertiary/aromatic N) is 3. The summed E-state index contributed by atoms with van der Waals surface area (Å²) in [6.07, 6.45) is -7.68. The van der Waals surface area contributed by atoms with Gasteiger partial charge >= 0.3 is 12.4 Å². The molecule has 0 spiro atoms. The molecular weight excluding hydrogens is 554 g/mol. The summed E-state index contributed by atoms with van der Waals surface area (Å²) in [5.41, 5.74) is -1.66. The van der Waals surface area contributed by atoms with Gasteiger partial charge in [-0.05, 0) is 41.5 Å². The number of benzene rings is 3. The van der Waals surface area contributed by atoms with Gasteiger partial charge in [-0.15, -0.1) is 16.8 Å². The first-order valence-electron chi connectivity index (χ1n) is 11.8. The number of carbonyl (C=O) groups is 1. The molecule has 1 heterocycles. The van der Waals surface area contributed by atoms with Crippen molar-refractivity contribution in [1.29, 1.82) is 0 Å². The van der Waals surface area contributed by atoms with E-state index in [0.29, 0.717) is 36.0 Å². The zero-order valence-electron chi connectivity index (χ0n) is 20.8. The highest BCUT2D eigenvalue weighted by Gasteiger charge is 2.37. The molecule has 12 heteroatoms. The summed E-state index contributed by atoms with van der Waals surface area (Å²) in [4.78, 5) is 12.6. The summed E-state index contributed by atoms with van der Waals surface area (Å²) in [6, 6.07) is 16.9. The first-order chi connectivity index (χ1) is 18.9. The largest absolute Gasteiger partial charge is 0.416 e. The van der Waals surface area contributed by atoms with E-state index in [2.05, 4.69) is 22.1 Å². The van der Waals surface area contributed by atoms with Crippen molar-refractivity contribution in [2.75, 3.05) is 5.32 Å². The van der Waals surface area contributed by atoms with E-state index >= 15 is 0 Å². The maximum absolute atomic E-state index is 13.1. The maximum atomic E-state index is 13.1. The fraction of sp³-hybridized carbons (Fsp3) is 0.179. The van der Waals surface area contributed by atoms with E-state index in [4.69, 9.17) is 0 Å². The molecule has 0 radical (unpaired) electrons. The van der Waals surface area contributed by atoms with Crippen molar-refractivity contribution in [3.8, 4) is 0 Å². The summed E-state index contributed by atoms with van der Waals surface area (Å²) >= 11 is 1.42. The number of nitrogens with one attached hydrogen (secondary N) is 1. The third-order valence-electron chi connectivity index (χ3n) is 5.74. The Labute approximate surface area is 229 Å². The zero-order chi connectivity index (χ0) is 28.9. The number of anilines is 1. The van der Waals surface area contributed by atoms with Crippen LogP contribution >= 0.6 is 11.8 Å². The molecule has 0 aliphatic heterocycles. The van der Waals surface area contributed by atoms with Crippen LogP contribution in [0.1, 0.15) is 38.4 Å². The molecule has 40 heavy (non-hydrogen) atoms. The SMILES string of the molecule is C=CCn1c(Cc2ccccc2)nnc1SCc1ccc(C(=O)Nc2cc(C(F)(F)F)cc(C(F)(F)F)c2)cc1. The minimum absolute atomic E-state index is 0.00259. The highest BCUT2D eigenvalue weighted by Crippen LogP contribution is 2.37. The Morgan fingerprint density at radius 3 is 2.08 bits per heavy atom. The van der Waals surface area contributed by atoms with Crippen molar-refractivity contribution in [2.24, 2.45) is 0 Å². The van der Waals surface area contributed by atoms with Crippen LogP contribution in [0, 0.1) is 0 Å². The van der Waals surface area contributed by atoms with Gasteiger partial charge in [0.1, 0.15) is 5.82 Å². The van der Waals surface area contributed by atoms with Gasteiger partial charge in [-0.1, -0.05) is 60.3 Å². The molecule has 0 aliphatic carbocycles. The second kappa shape index (κ2) is 12.0. The van der Waals surface area contributed by atoms with Crippen LogP contribution in [-0.2, 0) is 31.1 Å². The number of rotatable bonds is 9. The van der Waals surface area contributed by atoms with E-state index in [-0.39, 0.29) is 11.6 Å². The number of hydrogen-bond acceptors (Lipinski definition) is 4. The number of hydrogen-bond donors (Lipinski definition) is 1. The number of thioether (sulfide) groups is 1. The molecule has 1 amide bonds. The summed E-state index contributed by atoms with van der Waals surface area (Å²) in [7, 11) is 0. The lowest BCUT2D eigenvalue weighted by Gasteiger charge is -2.15. The van der Waals surface area contributed by atoms with Gasteiger partial charge in [0.05, 0.1) is 11.1 Å². The number of halogens is 6. The highest BCUT2D eigenvalue weighted by atomic mass is 32.2. The molecule has 4 aromatic rings. The van der Waals surface area contributed by atoms with E-state index in [1.165, 1.54) is 23.9 Å². The molecule has 0 saturated heterocycles. The predicted octanol–water partition coefficient (Wildman–Crippen LogP) is 7.64. The molecule has 5 nitrogen and oxygen atoms in total. The van der Waals surface area contributed by atoms with Crippen LogP contribution in [-0.4, -0.2) is 20.7 Å². The molecule has 4 rings (SSSR count). The maximum Gasteiger partial charge on any atom is 0.416 e. The molecular formula is C28H22F6N4OS. The predicted molar refractivity (Wildman–Crippen MR) is 140 cm³/mol. The minimum Gasteiger partial charge on any atom is -0.322 e. The van der Waals surface area contributed by atoms with Crippen LogP contribution in [0.2, 0.25) is 0 Å². The fourth-order valence-corrected chi connectivity index (χ4v) is 4.70. The average Bonchev–Trinajstić information content (AvgIpc) is 3.28. The van der Waals surface area contributed by atoms with Crippen LogP contribution in [0.3, 0.4) is 0 Å². The molecule has 0 aliphatic rings. The van der Waals surface area contributed by atoms with Gasteiger partial charge in [-0.25, -0.2) is 0 Å². The van der Waals surface area contributed by atoms with E-state index in [1.807, 2.05) is 34.9 Å². The third kappa shape index (κ3) is 7.32. The Morgan fingerprint density at radius 1 is 0.875 bits per heavy atom. The first kappa shape index (κ1) is 28.9. The van der Waals surface area contributed by atoms with Crippen molar-refractivity contribution >= 4 is 23.4 Å². The van der Waals surface area contributed by atoms with Crippen LogP contribution < -0.4 is 5.32 Å². The van der Waals surface area contributed by atoms with E-state index in [0.717, 1.165) is 17.0 Å². The Morgan fingerprint density at radius 2 is 1.50 bits per heavy atom. The van der Waals surface area contributed by atoms with E-state index in [1.54, 1.807) is 18.2 Å². The Hall–Kier alpha value is -4.06. The number of alkyl halides is 6. The smallest absolute Gasteiger partial charge is 0.322 e. The van der Waals surface area contributed by atoms with Gasteiger partial charge in [0, 0.05) is 30.0 Å². The molecule has 0 bridgehead atoms. The Balaban J connectivity index is 1.44. The normalized spacial score (nSPS) is 11.8. The standard InChI is InChI=1S/C28H22F6N4OS/c1-2-12-38-24(13-18-6-4-3-5-7-18)36-37-26(38)40-17-19-8-10-20(11-9-19)25(39)35-23-15-21(27(29,30)31)14-22(16-23)28(32,33)34/h2-11,14-16H,1,12-13,17H2,(H,35,39). The fourth-order valence-electron chi connectivity index (χ4n) is 3.78. The molecule has 208 valence electrons. The van der Waals surface area contributed by atoms with Gasteiger partial charge in [-0.3, -0.25) is 4.79 Å². The lowest BCUT2D eigenvalue weighted by Crippen LogP contribution is -2.16. The minimum atomic E-state index is -5.02. The molecule has 3 aromatic carbocycles. The third-order valence-corrected chi connectivity index (χ3v) is 6.78. The monoisotopic (exact) mass is 576 g/mol. The number of aromatic nitrogens is 3. The number of allylic oxidation sites excluding steroid dienone is 1. The zero-order valence-corrected chi connectivity index (χ0v) is 21.6. The Kier molecular flexibility index (Phi) is 8.67.